The molecular weight excluding hydrogens is 244 g/mol. The van der Waals surface area contributed by atoms with Gasteiger partial charge in [-0.2, -0.15) is 0 Å². The minimum atomic E-state index is -0.916. The number of methoxy groups -OCH3 is 3. The van der Waals surface area contributed by atoms with Crippen LogP contribution < -0.4 is 0 Å². The highest BCUT2D eigenvalue weighted by Crippen LogP contribution is 2.27. The van der Waals surface area contributed by atoms with Crippen molar-refractivity contribution in [3.63, 3.8) is 0 Å². The van der Waals surface area contributed by atoms with Gasteiger partial charge in [-0.25, -0.2) is 0 Å². The summed E-state index contributed by atoms with van der Waals surface area (Å²) in [6.07, 6.45) is -3.45. The first-order valence-electron chi connectivity index (χ1n) is 5.60. The fraction of sp³-hybridized carbons (Fsp3) is 0.909. The van der Waals surface area contributed by atoms with Gasteiger partial charge in [0.05, 0.1) is 0 Å². The van der Waals surface area contributed by atoms with Gasteiger partial charge in [0, 0.05) is 28.3 Å². The van der Waals surface area contributed by atoms with Crippen molar-refractivity contribution in [1.29, 1.82) is 0 Å². The summed E-state index contributed by atoms with van der Waals surface area (Å²) in [5, 5.41) is 10.1. The van der Waals surface area contributed by atoms with Gasteiger partial charge in [0.1, 0.15) is 31.0 Å². The topological polar surface area (TPSA) is 83.5 Å². The van der Waals surface area contributed by atoms with Gasteiger partial charge in [-0.05, 0) is 0 Å². The third-order valence-electron chi connectivity index (χ3n) is 2.86. The number of aliphatic hydroxyl groups excluding tert-OH is 1. The lowest BCUT2D eigenvalue weighted by Crippen LogP contribution is -2.43. The molecule has 0 aromatic rings. The molecule has 0 radical (unpaired) electrons. The van der Waals surface area contributed by atoms with Gasteiger partial charge in [-0.15, -0.1) is 0 Å². The molecule has 106 valence electrons. The highest BCUT2D eigenvalue weighted by atomic mass is 16.7. The third kappa shape index (κ3) is 3.39. The Balaban J connectivity index is 2.65. The average Bonchev–Trinajstić information content (AvgIpc) is 2.66. The molecule has 1 N–H and O–H groups in total. The van der Waals surface area contributed by atoms with Crippen LogP contribution in [0.4, 0.5) is 0 Å². The zero-order chi connectivity index (χ0) is 13.7. The zero-order valence-corrected chi connectivity index (χ0v) is 11.0. The minimum absolute atomic E-state index is 0.000425. The maximum atomic E-state index is 10.8. The van der Waals surface area contributed by atoms with Gasteiger partial charge in [-0.3, -0.25) is 4.79 Å². The number of carbonyl (C=O) groups excluding carboxylic acids is 1. The van der Waals surface area contributed by atoms with Crippen LogP contribution >= 0.6 is 0 Å². The van der Waals surface area contributed by atoms with Gasteiger partial charge in [0.25, 0.3) is 0 Å². The third-order valence-corrected chi connectivity index (χ3v) is 2.86. The molecule has 0 amide bonds. The minimum Gasteiger partial charge on any atom is -0.463 e. The van der Waals surface area contributed by atoms with E-state index >= 15 is 0 Å². The van der Waals surface area contributed by atoms with E-state index in [1.165, 1.54) is 28.3 Å². The van der Waals surface area contributed by atoms with Gasteiger partial charge in [-0.1, -0.05) is 0 Å². The van der Waals surface area contributed by atoms with Crippen molar-refractivity contribution >= 4 is 5.97 Å². The van der Waals surface area contributed by atoms with Crippen LogP contribution in [-0.2, 0) is 28.5 Å². The number of carbonyl (C=O) groups is 1. The highest BCUT2D eigenvalue weighted by Gasteiger charge is 2.48. The van der Waals surface area contributed by atoms with Crippen molar-refractivity contribution in [3.05, 3.63) is 0 Å². The molecule has 7 nitrogen and oxygen atoms in total. The second-order valence-electron chi connectivity index (χ2n) is 3.97. The smallest absolute Gasteiger partial charge is 0.302 e. The Morgan fingerprint density at radius 1 is 1.33 bits per heavy atom. The van der Waals surface area contributed by atoms with E-state index in [-0.39, 0.29) is 6.61 Å². The van der Waals surface area contributed by atoms with Crippen molar-refractivity contribution in [2.75, 3.05) is 27.9 Å². The summed E-state index contributed by atoms with van der Waals surface area (Å²) in [6.45, 7) is 1.30. The maximum absolute atomic E-state index is 10.8. The van der Waals surface area contributed by atoms with Crippen molar-refractivity contribution in [3.8, 4) is 0 Å². The molecule has 1 fully saturated rings. The fourth-order valence-electron chi connectivity index (χ4n) is 1.91. The van der Waals surface area contributed by atoms with Crippen molar-refractivity contribution in [2.24, 2.45) is 0 Å². The van der Waals surface area contributed by atoms with Crippen LogP contribution in [0, 0.1) is 0 Å². The molecule has 0 spiro atoms. The molecule has 0 aliphatic carbocycles. The molecule has 5 atom stereocenters. The lowest BCUT2D eigenvalue weighted by molar-refractivity contribution is -0.178. The van der Waals surface area contributed by atoms with E-state index in [2.05, 4.69) is 0 Å². The van der Waals surface area contributed by atoms with Gasteiger partial charge in [0.2, 0.25) is 0 Å². The maximum Gasteiger partial charge on any atom is 0.302 e. The summed E-state index contributed by atoms with van der Waals surface area (Å²) in [7, 11) is 4.37. The Bertz CT molecular complexity index is 270. The van der Waals surface area contributed by atoms with E-state index in [1.807, 2.05) is 0 Å². The Hall–Kier alpha value is -0.730. The number of esters is 1. The Morgan fingerprint density at radius 2 is 2.00 bits per heavy atom. The second kappa shape index (κ2) is 7.01. The lowest BCUT2D eigenvalue weighted by Gasteiger charge is -2.23. The molecule has 0 unspecified atom stereocenters. The molecule has 18 heavy (non-hydrogen) atoms. The number of hydrogen-bond donors (Lipinski definition) is 1. The summed E-state index contributed by atoms with van der Waals surface area (Å²) in [5.41, 5.74) is 0. The monoisotopic (exact) mass is 264 g/mol. The number of rotatable bonds is 6. The molecular formula is C11H20O7. The molecule has 1 aliphatic rings. The molecule has 1 heterocycles. The number of hydrogen-bond acceptors (Lipinski definition) is 7. The quantitative estimate of drug-likeness (QED) is 0.636. The molecule has 1 rings (SSSR count). The first-order chi connectivity index (χ1) is 8.54. The van der Waals surface area contributed by atoms with Gasteiger partial charge < -0.3 is 28.8 Å². The molecule has 1 saturated heterocycles. The van der Waals surface area contributed by atoms with E-state index in [0.717, 1.165) is 0 Å². The van der Waals surface area contributed by atoms with Crippen LogP contribution in [-0.4, -0.2) is 69.7 Å². The van der Waals surface area contributed by atoms with E-state index in [4.69, 9.17) is 23.7 Å². The van der Waals surface area contributed by atoms with Crippen LogP contribution in [0.2, 0.25) is 0 Å². The summed E-state index contributed by atoms with van der Waals surface area (Å²) in [4.78, 5) is 10.8. The van der Waals surface area contributed by atoms with Crippen LogP contribution in [0.15, 0.2) is 0 Å². The summed E-state index contributed by atoms with van der Waals surface area (Å²) >= 11 is 0. The van der Waals surface area contributed by atoms with Crippen molar-refractivity contribution < 1.29 is 33.6 Å². The molecule has 1 aliphatic heterocycles. The Morgan fingerprint density at radius 3 is 2.39 bits per heavy atom. The first-order valence-corrected chi connectivity index (χ1v) is 5.60. The molecule has 0 saturated carbocycles. The van der Waals surface area contributed by atoms with Gasteiger partial charge in [0.15, 0.2) is 6.29 Å². The first kappa shape index (κ1) is 15.3. The summed E-state index contributed by atoms with van der Waals surface area (Å²) in [6, 6.07) is 0. The summed E-state index contributed by atoms with van der Waals surface area (Å²) in [5.74, 6) is -0.420. The number of ether oxygens (including phenoxy) is 5. The largest absolute Gasteiger partial charge is 0.463 e. The second-order valence-corrected chi connectivity index (χ2v) is 3.97. The zero-order valence-electron chi connectivity index (χ0n) is 11.0. The van der Waals surface area contributed by atoms with E-state index in [1.54, 1.807) is 0 Å². The standard InChI is InChI=1S/C11H20O7/c1-6(12)17-5-7(14-2)9-8(13)10(15-3)11(16-4)18-9/h7-11,13H,5H2,1-4H3/t7-,8+,9+,10-,11+/m1/s1. The van der Waals surface area contributed by atoms with E-state index in [9.17, 15) is 9.90 Å². The van der Waals surface area contributed by atoms with Crippen molar-refractivity contribution in [2.45, 2.75) is 37.6 Å². The molecule has 7 heteroatoms. The predicted molar refractivity (Wildman–Crippen MR) is 59.9 cm³/mol. The summed E-state index contributed by atoms with van der Waals surface area (Å²) < 4.78 is 25.7. The SMILES string of the molecule is CO[C@H]1O[C@@H]([C@@H](COC(C)=O)OC)[C@H](O)[C@H]1OC. The average molecular weight is 264 g/mol. The predicted octanol–water partition coefficient (Wildman–Crippen LogP) is -0.688. The van der Waals surface area contributed by atoms with Crippen LogP contribution in [0.5, 0.6) is 0 Å². The Kier molecular flexibility index (Phi) is 5.97. The Labute approximate surface area is 106 Å². The molecule has 0 bridgehead atoms. The highest BCUT2D eigenvalue weighted by molar-refractivity contribution is 5.65. The van der Waals surface area contributed by atoms with Crippen LogP contribution in [0.25, 0.3) is 0 Å². The fourth-order valence-corrected chi connectivity index (χ4v) is 1.91. The van der Waals surface area contributed by atoms with E-state index in [0.29, 0.717) is 0 Å². The van der Waals surface area contributed by atoms with E-state index < -0.39 is 36.7 Å². The molecule has 0 aromatic heterocycles. The van der Waals surface area contributed by atoms with Gasteiger partial charge >= 0.3 is 5.97 Å². The van der Waals surface area contributed by atoms with Crippen LogP contribution in [0.1, 0.15) is 6.92 Å². The molecule has 0 aromatic carbocycles. The number of aliphatic hydroxyl groups is 1. The van der Waals surface area contributed by atoms with Crippen molar-refractivity contribution in [1.82, 2.24) is 0 Å². The van der Waals surface area contributed by atoms with Crippen LogP contribution in [0.3, 0.4) is 0 Å². The lowest BCUT2D eigenvalue weighted by atomic mass is 10.1. The normalized spacial score (nSPS) is 33.4.